The molecule has 1 amide bonds. The number of benzene rings is 2. The summed E-state index contributed by atoms with van der Waals surface area (Å²) in [7, 11) is 0. The number of rotatable bonds is 2. The number of fused-ring (bicyclic) bond motifs is 1. The van der Waals surface area contributed by atoms with Gasteiger partial charge in [0.25, 0.3) is 5.91 Å². The lowest BCUT2D eigenvalue weighted by Gasteiger charge is -2.37. The Balaban J connectivity index is 2.17. The Labute approximate surface area is 137 Å². The zero-order valence-corrected chi connectivity index (χ0v) is 13.1. The molecule has 0 fully saturated rings. The van der Waals surface area contributed by atoms with Crippen molar-refractivity contribution in [3.8, 4) is 0 Å². The molecule has 1 atom stereocenters. The van der Waals surface area contributed by atoms with E-state index in [4.69, 9.17) is 0 Å². The Bertz CT molecular complexity index is 784. The first kappa shape index (κ1) is 16.5. The third kappa shape index (κ3) is 2.29. The molecule has 1 unspecified atom stereocenters. The summed E-state index contributed by atoms with van der Waals surface area (Å²) in [5, 5.41) is 11.3. The van der Waals surface area contributed by atoms with Gasteiger partial charge in [-0.05, 0) is 32.0 Å². The van der Waals surface area contributed by atoms with Gasteiger partial charge in [-0.25, -0.2) is 0 Å². The van der Waals surface area contributed by atoms with Crippen LogP contribution < -0.4 is 0 Å². The van der Waals surface area contributed by atoms with E-state index < -0.39 is 17.5 Å². The molecule has 3 rings (SSSR count). The van der Waals surface area contributed by atoms with E-state index in [-0.39, 0.29) is 17.5 Å². The maximum absolute atomic E-state index is 12.8. The molecule has 1 aliphatic rings. The van der Waals surface area contributed by atoms with Crippen LogP contribution in [0.2, 0.25) is 0 Å². The van der Waals surface area contributed by atoms with Crippen molar-refractivity contribution < 1.29 is 23.1 Å². The van der Waals surface area contributed by atoms with Crippen LogP contribution in [0.25, 0.3) is 0 Å². The summed E-state index contributed by atoms with van der Waals surface area (Å²) in [5.41, 5.74) is -1.63. The molecule has 2 aromatic carbocycles. The largest absolute Gasteiger partial charge is 0.416 e. The van der Waals surface area contributed by atoms with E-state index in [1.165, 1.54) is 17.0 Å². The number of aliphatic hydroxyl groups is 1. The molecule has 1 aliphatic heterocycles. The van der Waals surface area contributed by atoms with E-state index in [2.05, 4.69) is 0 Å². The second-order valence-electron chi connectivity index (χ2n) is 6.06. The first-order chi connectivity index (χ1) is 11.2. The highest BCUT2D eigenvalue weighted by molar-refractivity contribution is 6.00. The minimum atomic E-state index is -4.46. The average molecular weight is 335 g/mol. The van der Waals surface area contributed by atoms with Crippen LogP contribution in [-0.4, -0.2) is 22.0 Å². The molecule has 6 heteroatoms. The van der Waals surface area contributed by atoms with Crippen molar-refractivity contribution in [2.24, 2.45) is 0 Å². The number of alkyl halides is 3. The summed E-state index contributed by atoms with van der Waals surface area (Å²) in [4.78, 5) is 13.9. The van der Waals surface area contributed by atoms with E-state index in [1.54, 1.807) is 38.1 Å². The summed E-state index contributed by atoms with van der Waals surface area (Å²) in [6, 6.07) is 10.5. The van der Waals surface area contributed by atoms with Gasteiger partial charge in [0, 0.05) is 22.7 Å². The lowest BCUT2D eigenvalue weighted by molar-refractivity contribution is -0.137. The molecule has 1 N–H and O–H groups in total. The van der Waals surface area contributed by atoms with Crippen LogP contribution in [0, 0.1) is 0 Å². The van der Waals surface area contributed by atoms with Gasteiger partial charge >= 0.3 is 6.18 Å². The second kappa shape index (κ2) is 5.34. The van der Waals surface area contributed by atoms with Gasteiger partial charge in [0.05, 0.1) is 5.56 Å². The Hall–Kier alpha value is -2.34. The topological polar surface area (TPSA) is 40.5 Å². The first-order valence-corrected chi connectivity index (χ1v) is 7.50. The summed E-state index contributed by atoms with van der Waals surface area (Å²) < 4.78 is 38.3. The van der Waals surface area contributed by atoms with Crippen molar-refractivity contribution in [3.63, 3.8) is 0 Å². The number of amides is 1. The molecule has 0 saturated heterocycles. The highest BCUT2D eigenvalue weighted by Crippen LogP contribution is 2.43. The third-order valence-electron chi connectivity index (χ3n) is 4.23. The Morgan fingerprint density at radius 1 is 1.04 bits per heavy atom. The predicted octanol–water partition coefficient (Wildman–Crippen LogP) is 3.76. The van der Waals surface area contributed by atoms with Gasteiger partial charge in [-0.3, -0.25) is 9.69 Å². The smallest absolute Gasteiger partial charge is 0.363 e. The molecule has 0 saturated carbocycles. The summed E-state index contributed by atoms with van der Waals surface area (Å²) in [5.74, 6) is -0.344. The molecule has 0 aliphatic carbocycles. The van der Waals surface area contributed by atoms with E-state index in [9.17, 15) is 23.1 Å². The molecule has 0 spiro atoms. The fourth-order valence-corrected chi connectivity index (χ4v) is 3.17. The maximum Gasteiger partial charge on any atom is 0.416 e. The normalized spacial score (nSPS) is 20.6. The monoisotopic (exact) mass is 335 g/mol. The third-order valence-corrected chi connectivity index (χ3v) is 4.23. The van der Waals surface area contributed by atoms with Crippen LogP contribution in [0.15, 0.2) is 48.5 Å². The van der Waals surface area contributed by atoms with E-state index in [1.807, 2.05) is 0 Å². The van der Waals surface area contributed by atoms with Crippen molar-refractivity contribution in [2.75, 3.05) is 0 Å². The lowest BCUT2D eigenvalue weighted by atomic mass is 9.92. The van der Waals surface area contributed by atoms with Crippen LogP contribution in [0.1, 0.15) is 40.9 Å². The number of hydrogen-bond donors (Lipinski definition) is 1. The molecule has 0 aromatic heterocycles. The van der Waals surface area contributed by atoms with Crippen molar-refractivity contribution in [3.05, 3.63) is 70.8 Å². The number of hydrogen-bond acceptors (Lipinski definition) is 2. The molecule has 24 heavy (non-hydrogen) atoms. The molecule has 3 nitrogen and oxygen atoms in total. The number of carbonyl (C=O) groups is 1. The lowest BCUT2D eigenvalue weighted by Crippen LogP contribution is -2.48. The predicted molar refractivity (Wildman–Crippen MR) is 82.2 cm³/mol. The molecule has 1 heterocycles. The minimum absolute atomic E-state index is 0.225. The van der Waals surface area contributed by atoms with Gasteiger partial charge in [-0.15, -0.1) is 0 Å². The van der Waals surface area contributed by atoms with Crippen molar-refractivity contribution in [1.29, 1.82) is 0 Å². The van der Waals surface area contributed by atoms with Gasteiger partial charge in [0.1, 0.15) is 0 Å². The van der Waals surface area contributed by atoms with Gasteiger partial charge in [-0.1, -0.05) is 30.3 Å². The van der Waals surface area contributed by atoms with Gasteiger partial charge in [0.2, 0.25) is 0 Å². The molecular weight excluding hydrogens is 319 g/mol. The molecular formula is C18H16F3NO2. The highest BCUT2D eigenvalue weighted by Gasteiger charge is 2.50. The van der Waals surface area contributed by atoms with Gasteiger partial charge < -0.3 is 5.11 Å². The zero-order chi connectivity index (χ0) is 17.7. The quantitative estimate of drug-likeness (QED) is 0.908. The Morgan fingerprint density at radius 2 is 1.62 bits per heavy atom. The Kier molecular flexibility index (Phi) is 3.68. The zero-order valence-electron chi connectivity index (χ0n) is 13.1. The molecule has 126 valence electrons. The van der Waals surface area contributed by atoms with Crippen LogP contribution in [0.3, 0.4) is 0 Å². The van der Waals surface area contributed by atoms with E-state index in [0.717, 1.165) is 12.1 Å². The SMILES string of the molecule is CC(C)N1C(=O)c2ccccc2C1(O)c1ccc(C(F)(F)F)cc1. The summed E-state index contributed by atoms with van der Waals surface area (Å²) in [6.07, 6.45) is -4.46. The van der Waals surface area contributed by atoms with Crippen LogP contribution >= 0.6 is 0 Å². The summed E-state index contributed by atoms with van der Waals surface area (Å²) >= 11 is 0. The van der Waals surface area contributed by atoms with Gasteiger partial charge in [-0.2, -0.15) is 13.2 Å². The van der Waals surface area contributed by atoms with E-state index >= 15 is 0 Å². The first-order valence-electron chi connectivity index (χ1n) is 7.50. The van der Waals surface area contributed by atoms with Crippen molar-refractivity contribution in [1.82, 2.24) is 4.90 Å². The number of nitrogens with zero attached hydrogens (tertiary/aromatic N) is 1. The van der Waals surface area contributed by atoms with Crippen molar-refractivity contribution >= 4 is 5.91 Å². The van der Waals surface area contributed by atoms with Crippen LogP contribution in [0.4, 0.5) is 13.2 Å². The maximum atomic E-state index is 12.8. The standard InChI is InChI=1S/C18H16F3NO2/c1-11(2)22-16(23)14-5-3-4-6-15(14)17(22,24)12-7-9-13(10-8-12)18(19,20)21/h3-11,24H,1-2H3. The number of halogens is 3. The Morgan fingerprint density at radius 3 is 2.17 bits per heavy atom. The fraction of sp³-hybridized carbons (Fsp3) is 0.278. The molecule has 0 radical (unpaired) electrons. The van der Waals surface area contributed by atoms with E-state index in [0.29, 0.717) is 11.1 Å². The summed E-state index contributed by atoms with van der Waals surface area (Å²) in [6.45, 7) is 3.50. The second-order valence-corrected chi connectivity index (χ2v) is 6.06. The fourth-order valence-electron chi connectivity index (χ4n) is 3.17. The van der Waals surface area contributed by atoms with Crippen LogP contribution in [0.5, 0.6) is 0 Å². The average Bonchev–Trinajstić information content (AvgIpc) is 2.76. The molecule has 2 aromatic rings. The minimum Gasteiger partial charge on any atom is -0.363 e. The van der Waals surface area contributed by atoms with Gasteiger partial charge in [0.15, 0.2) is 5.72 Å². The molecule has 0 bridgehead atoms. The number of carbonyl (C=O) groups excluding carboxylic acids is 1. The van der Waals surface area contributed by atoms with Crippen LogP contribution in [-0.2, 0) is 11.9 Å². The highest BCUT2D eigenvalue weighted by atomic mass is 19.4. The van der Waals surface area contributed by atoms with Crippen molar-refractivity contribution in [2.45, 2.75) is 31.8 Å².